The Morgan fingerprint density at radius 2 is 1.73 bits per heavy atom. The second-order valence-electron chi connectivity index (χ2n) is 6.19. The van der Waals surface area contributed by atoms with Crippen molar-refractivity contribution in [3.8, 4) is 5.75 Å². The highest BCUT2D eigenvalue weighted by Gasteiger charge is 2.08. The van der Waals surface area contributed by atoms with Crippen molar-refractivity contribution >= 4 is 24.0 Å². The van der Waals surface area contributed by atoms with E-state index >= 15 is 0 Å². The van der Waals surface area contributed by atoms with E-state index in [4.69, 9.17) is 14.8 Å². The first-order valence-electron chi connectivity index (χ1n) is 9.05. The van der Waals surface area contributed by atoms with Crippen molar-refractivity contribution in [3.05, 3.63) is 53.6 Å². The standard InChI is InChI=1S/C13H19NO.C8H11BO2/c1-5-7-11(3)14-13-10(2)8-6-9-12(13)15-4;1-2-7-3-5-8(6-4-7)9(10)11/h6,8-9H,5,7H2,1-4H3;3-6,10-11H,2H2,1H3. The Kier molecular flexibility index (Phi) is 9.70. The minimum Gasteiger partial charge on any atom is -0.494 e. The molecule has 0 atom stereocenters. The first-order valence-corrected chi connectivity index (χ1v) is 9.05. The number of benzene rings is 2. The monoisotopic (exact) mass is 355 g/mol. The lowest BCUT2D eigenvalue weighted by Gasteiger charge is -2.08. The van der Waals surface area contributed by atoms with Crippen molar-refractivity contribution in [3.63, 3.8) is 0 Å². The molecule has 0 aliphatic rings. The van der Waals surface area contributed by atoms with Crippen LogP contribution in [0.2, 0.25) is 0 Å². The number of hydrogen-bond acceptors (Lipinski definition) is 4. The number of ether oxygens (including phenoxy) is 1. The predicted molar refractivity (Wildman–Crippen MR) is 111 cm³/mol. The highest BCUT2D eigenvalue weighted by atomic mass is 16.5. The second-order valence-corrected chi connectivity index (χ2v) is 6.19. The summed E-state index contributed by atoms with van der Waals surface area (Å²) in [5, 5.41) is 17.5. The van der Waals surface area contributed by atoms with Crippen molar-refractivity contribution in [2.24, 2.45) is 4.99 Å². The summed E-state index contributed by atoms with van der Waals surface area (Å²) in [6, 6.07) is 13.2. The lowest BCUT2D eigenvalue weighted by molar-refractivity contribution is 0.416. The van der Waals surface area contributed by atoms with E-state index in [0.717, 1.165) is 42.0 Å². The van der Waals surface area contributed by atoms with Gasteiger partial charge in [0.2, 0.25) is 0 Å². The van der Waals surface area contributed by atoms with Crippen LogP contribution in [0.1, 0.15) is 44.7 Å². The van der Waals surface area contributed by atoms with Crippen molar-refractivity contribution in [1.82, 2.24) is 0 Å². The zero-order valence-electron chi connectivity index (χ0n) is 16.5. The molecule has 2 aromatic rings. The van der Waals surface area contributed by atoms with E-state index in [1.807, 2.05) is 24.3 Å². The quantitative estimate of drug-likeness (QED) is 0.612. The molecule has 0 amide bonds. The minimum absolute atomic E-state index is 0.544. The highest BCUT2D eigenvalue weighted by molar-refractivity contribution is 6.58. The summed E-state index contributed by atoms with van der Waals surface area (Å²) in [5.74, 6) is 0.852. The Labute approximate surface area is 157 Å². The average Bonchev–Trinajstić information content (AvgIpc) is 2.64. The number of rotatable bonds is 6. The maximum absolute atomic E-state index is 8.74. The van der Waals surface area contributed by atoms with Gasteiger partial charge in [0.25, 0.3) is 0 Å². The van der Waals surface area contributed by atoms with Gasteiger partial charge in [-0.2, -0.15) is 0 Å². The highest BCUT2D eigenvalue weighted by Crippen LogP contribution is 2.31. The van der Waals surface area contributed by atoms with Gasteiger partial charge in [0.15, 0.2) is 0 Å². The third kappa shape index (κ3) is 7.02. The van der Waals surface area contributed by atoms with E-state index in [2.05, 4.69) is 38.8 Å². The SMILES string of the molecule is CCCC(C)=Nc1c(C)cccc1OC.CCc1ccc(B(O)O)cc1. The summed E-state index contributed by atoms with van der Waals surface area (Å²) in [6.45, 7) is 8.34. The predicted octanol–water partition coefficient (Wildman–Crippen LogP) is 3.82. The summed E-state index contributed by atoms with van der Waals surface area (Å²) in [5.41, 5.74) is 5.03. The maximum atomic E-state index is 8.74. The normalized spacial score (nSPS) is 10.8. The molecule has 0 aromatic heterocycles. The van der Waals surface area contributed by atoms with Crippen LogP contribution in [0.25, 0.3) is 0 Å². The van der Waals surface area contributed by atoms with Crippen LogP contribution in [-0.4, -0.2) is 30.0 Å². The van der Waals surface area contributed by atoms with Crippen LogP contribution in [0.15, 0.2) is 47.5 Å². The van der Waals surface area contributed by atoms with Gasteiger partial charge < -0.3 is 14.8 Å². The lowest BCUT2D eigenvalue weighted by atomic mass is 9.80. The van der Waals surface area contributed by atoms with Gasteiger partial charge in [-0.25, -0.2) is 0 Å². The number of nitrogens with zero attached hydrogens (tertiary/aromatic N) is 1. The number of methoxy groups -OCH3 is 1. The van der Waals surface area contributed by atoms with Gasteiger partial charge in [-0.15, -0.1) is 0 Å². The molecule has 2 aromatic carbocycles. The Bertz CT molecular complexity index is 697. The van der Waals surface area contributed by atoms with Crippen LogP contribution in [0.3, 0.4) is 0 Å². The molecule has 4 nitrogen and oxygen atoms in total. The molecular formula is C21H30BNO3. The van der Waals surface area contributed by atoms with Crippen LogP contribution in [0.5, 0.6) is 5.75 Å². The molecule has 0 saturated carbocycles. The third-order valence-corrected chi connectivity index (χ3v) is 4.02. The van der Waals surface area contributed by atoms with Gasteiger partial charge in [-0.3, -0.25) is 4.99 Å². The third-order valence-electron chi connectivity index (χ3n) is 4.02. The van der Waals surface area contributed by atoms with E-state index < -0.39 is 7.12 Å². The molecular weight excluding hydrogens is 325 g/mol. The van der Waals surface area contributed by atoms with Gasteiger partial charge in [0.1, 0.15) is 11.4 Å². The van der Waals surface area contributed by atoms with Crippen LogP contribution in [-0.2, 0) is 6.42 Å². The average molecular weight is 355 g/mol. The van der Waals surface area contributed by atoms with Crippen LogP contribution in [0.4, 0.5) is 5.69 Å². The molecule has 2 N–H and O–H groups in total. The van der Waals surface area contributed by atoms with Gasteiger partial charge >= 0.3 is 7.12 Å². The molecule has 0 bridgehead atoms. The molecule has 5 heteroatoms. The number of hydrogen-bond donors (Lipinski definition) is 2. The van der Waals surface area contributed by atoms with Crippen LogP contribution < -0.4 is 10.2 Å². The second kappa shape index (κ2) is 11.5. The molecule has 26 heavy (non-hydrogen) atoms. The smallest absolute Gasteiger partial charge is 0.488 e. The topological polar surface area (TPSA) is 62.0 Å². The molecule has 0 saturated heterocycles. The van der Waals surface area contributed by atoms with E-state index in [9.17, 15) is 0 Å². The molecule has 0 fully saturated rings. The van der Waals surface area contributed by atoms with Crippen molar-refractivity contribution in [1.29, 1.82) is 0 Å². The fourth-order valence-corrected chi connectivity index (χ4v) is 2.47. The summed E-state index contributed by atoms with van der Waals surface area (Å²) >= 11 is 0. The fraction of sp³-hybridized carbons (Fsp3) is 0.381. The molecule has 140 valence electrons. The first kappa shape index (κ1) is 21.9. The molecule has 0 heterocycles. The Morgan fingerprint density at radius 1 is 1.08 bits per heavy atom. The Balaban J connectivity index is 0.000000273. The number of aryl methyl sites for hydroxylation is 2. The number of para-hydroxylation sites is 1. The van der Waals surface area contributed by atoms with Crippen molar-refractivity contribution in [2.75, 3.05) is 7.11 Å². The summed E-state index contributed by atoms with van der Waals surface area (Å²) in [6.07, 6.45) is 3.14. The molecule has 0 unspecified atom stereocenters. The Hall–Kier alpha value is -2.11. The van der Waals surface area contributed by atoms with Crippen LogP contribution >= 0.6 is 0 Å². The zero-order valence-corrected chi connectivity index (χ0v) is 16.5. The molecule has 2 rings (SSSR count). The van der Waals surface area contributed by atoms with Gasteiger partial charge in [0.05, 0.1) is 7.11 Å². The maximum Gasteiger partial charge on any atom is 0.488 e. The zero-order chi connectivity index (χ0) is 19.5. The van der Waals surface area contributed by atoms with Gasteiger partial charge in [0, 0.05) is 5.71 Å². The van der Waals surface area contributed by atoms with E-state index in [1.54, 1.807) is 19.2 Å². The van der Waals surface area contributed by atoms with Crippen LogP contribution in [0, 0.1) is 6.92 Å². The van der Waals surface area contributed by atoms with E-state index in [-0.39, 0.29) is 0 Å². The summed E-state index contributed by atoms with van der Waals surface area (Å²) in [4.78, 5) is 4.61. The Morgan fingerprint density at radius 3 is 2.23 bits per heavy atom. The largest absolute Gasteiger partial charge is 0.494 e. The van der Waals surface area contributed by atoms with Gasteiger partial charge in [-0.1, -0.05) is 56.7 Å². The number of aliphatic imine (C=N–C) groups is 1. The molecule has 0 radical (unpaired) electrons. The minimum atomic E-state index is -1.35. The van der Waals surface area contributed by atoms with Crippen molar-refractivity contribution < 1.29 is 14.8 Å². The summed E-state index contributed by atoms with van der Waals surface area (Å²) in [7, 11) is 0.337. The van der Waals surface area contributed by atoms with Gasteiger partial charge in [-0.05, 0) is 49.3 Å². The van der Waals surface area contributed by atoms with E-state index in [1.165, 1.54) is 5.56 Å². The first-order chi connectivity index (χ1) is 12.4. The van der Waals surface area contributed by atoms with E-state index in [0.29, 0.717) is 5.46 Å². The summed E-state index contributed by atoms with van der Waals surface area (Å²) < 4.78 is 5.30. The molecule has 0 aliphatic carbocycles. The van der Waals surface area contributed by atoms with Crippen molar-refractivity contribution in [2.45, 2.75) is 47.0 Å². The molecule has 0 spiro atoms. The lowest BCUT2D eigenvalue weighted by Crippen LogP contribution is -2.29. The molecule has 0 aliphatic heterocycles. The fourth-order valence-electron chi connectivity index (χ4n) is 2.47.